The van der Waals surface area contributed by atoms with Crippen LogP contribution in [0.5, 0.6) is 5.75 Å². The van der Waals surface area contributed by atoms with Crippen molar-refractivity contribution in [2.75, 3.05) is 12.0 Å². The fourth-order valence-electron chi connectivity index (χ4n) is 4.74. The summed E-state index contributed by atoms with van der Waals surface area (Å²) >= 11 is 0. The van der Waals surface area contributed by atoms with E-state index in [1.54, 1.807) is 12.0 Å². The minimum Gasteiger partial charge on any atom is -0.497 e. The number of aryl methyl sites for hydroxylation is 1. The fraction of sp³-hybridized carbons (Fsp3) is 0.385. The van der Waals surface area contributed by atoms with Gasteiger partial charge in [0.1, 0.15) is 5.75 Å². The summed E-state index contributed by atoms with van der Waals surface area (Å²) in [5.74, 6) is 0.703. The van der Waals surface area contributed by atoms with Crippen molar-refractivity contribution in [1.29, 1.82) is 0 Å². The number of hydrogen-bond donors (Lipinski definition) is 0. The molecule has 1 unspecified atom stereocenters. The highest BCUT2D eigenvalue weighted by atomic mass is 16.5. The number of carbonyl (C=O) groups is 2. The molecule has 0 saturated carbocycles. The van der Waals surface area contributed by atoms with E-state index in [0.717, 1.165) is 34.7 Å². The third-order valence-electron chi connectivity index (χ3n) is 6.24. The van der Waals surface area contributed by atoms with Crippen molar-refractivity contribution in [3.8, 4) is 5.75 Å². The molecule has 30 heavy (non-hydrogen) atoms. The average molecular weight is 404 g/mol. The van der Waals surface area contributed by atoms with Crippen LogP contribution in [-0.4, -0.2) is 18.8 Å². The number of methoxy groups -OCH3 is 1. The van der Waals surface area contributed by atoms with Crippen LogP contribution in [0, 0.1) is 5.41 Å². The van der Waals surface area contributed by atoms with Gasteiger partial charge in [0.2, 0.25) is 5.91 Å². The van der Waals surface area contributed by atoms with E-state index in [4.69, 9.17) is 4.74 Å². The Balaban J connectivity index is 1.86. The molecule has 1 aliphatic carbocycles. The topological polar surface area (TPSA) is 46.6 Å². The van der Waals surface area contributed by atoms with Gasteiger partial charge in [-0.25, -0.2) is 0 Å². The van der Waals surface area contributed by atoms with E-state index in [2.05, 4.69) is 32.9 Å². The van der Waals surface area contributed by atoms with Crippen molar-refractivity contribution in [2.24, 2.45) is 5.41 Å². The van der Waals surface area contributed by atoms with E-state index >= 15 is 0 Å². The zero-order valence-corrected chi connectivity index (χ0v) is 18.2. The first-order valence-electron chi connectivity index (χ1n) is 10.6. The molecule has 156 valence electrons. The van der Waals surface area contributed by atoms with Crippen molar-refractivity contribution in [2.45, 2.75) is 52.4 Å². The molecule has 0 aromatic heterocycles. The predicted octanol–water partition coefficient (Wildman–Crippen LogP) is 5.42. The summed E-state index contributed by atoms with van der Waals surface area (Å²) in [5, 5.41) is 0. The van der Waals surface area contributed by atoms with Gasteiger partial charge >= 0.3 is 0 Å². The van der Waals surface area contributed by atoms with E-state index in [9.17, 15) is 9.59 Å². The molecule has 4 nitrogen and oxygen atoms in total. The molecule has 2 aliphatic rings. The lowest BCUT2D eigenvalue weighted by Gasteiger charge is -2.43. The first kappa shape index (κ1) is 20.4. The Hall–Kier alpha value is -2.88. The van der Waals surface area contributed by atoms with Gasteiger partial charge in [-0.3, -0.25) is 14.5 Å². The second-order valence-corrected chi connectivity index (χ2v) is 9.08. The Morgan fingerprint density at radius 1 is 1.07 bits per heavy atom. The third kappa shape index (κ3) is 3.67. The molecule has 0 N–H and O–H groups in total. The van der Waals surface area contributed by atoms with Crippen LogP contribution in [0.3, 0.4) is 0 Å². The Labute approximate surface area is 178 Å². The highest BCUT2D eigenvalue weighted by Gasteiger charge is 2.44. The maximum Gasteiger partial charge on any atom is 0.232 e. The Morgan fingerprint density at radius 2 is 1.80 bits per heavy atom. The maximum atomic E-state index is 13.4. The number of allylic oxidation sites excluding steroid dienone is 2. The molecular formula is C26H29NO3. The Kier molecular flexibility index (Phi) is 5.27. The molecule has 1 aliphatic heterocycles. The molecule has 0 radical (unpaired) electrons. The second kappa shape index (κ2) is 7.75. The van der Waals surface area contributed by atoms with Crippen LogP contribution in [0.2, 0.25) is 0 Å². The van der Waals surface area contributed by atoms with Crippen LogP contribution in [0.4, 0.5) is 5.69 Å². The summed E-state index contributed by atoms with van der Waals surface area (Å²) in [6, 6.07) is 15.9. The number of rotatable bonds is 4. The number of ketones is 1. The molecule has 1 heterocycles. The van der Waals surface area contributed by atoms with Gasteiger partial charge in [-0.05, 0) is 53.6 Å². The van der Waals surface area contributed by atoms with Gasteiger partial charge in [-0.1, -0.05) is 45.0 Å². The summed E-state index contributed by atoms with van der Waals surface area (Å²) in [5.41, 5.74) is 4.52. The van der Waals surface area contributed by atoms with Crippen molar-refractivity contribution >= 4 is 17.4 Å². The lowest BCUT2D eigenvalue weighted by Crippen LogP contribution is -2.43. The van der Waals surface area contributed by atoms with Gasteiger partial charge in [-0.15, -0.1) is 0 Å². The fourth-order valence-corrected chi connectivity index (χ4v) is 4.74. The molecule has 4 heteroatoms. The minimum absolute atomic E-state index is 0.0383. The van der Waals surface area contributed by atoms with Gasteiger partial charge in [0.15, 0.2) is 5.78 Å². The Bertz CT molecular complexity index is 1020. The minimum atomic E-state index is -0.225. The molecule has 0 bridgehead atoms. The number of hydrogen-bond acceptors (Lipinski definition) is 3. The van der Waals surface area contributed by atoms with E-state index < -0.39 is 0 Å². The van der Waals surface area contributed by atoms with Crippen molar-refractivity contribution in [1.82, 2.24) is 0 Å². The molecule has 0 fully saturated rings. The zero-order chi connectivity index (χ0) is 21.5. The number of ether oxygens (including phenoxy) is 1. The van der Waals surface area contributed by atoms with E-state index in [0.29, 0.717) is 12.8 Å². The van der Waals surface area contributed by atoms with Crippen LogP contribution in [0.25, 0.3) is 0 Å². The number of anilines is 1. The lowest BCUT2D eigenvalue weighted by atomic mass is 9.69. The second-order valence-electron chi connectivity index (χ2n) is 9.08. The number of benzene rings is 2. The molecule has 2 aromatic rings. The van der Waals surface area contributed by atoms with E-state index in [1.165, 1.54) is 5.56 Å². The van der Waals surface area contributed by atoms with E-state index in [1.807, 2.05) is 36.4 Å². The summed E-state index contributed by atoms with van der Waals surface area (Å²) in [7, 11) is 1.63. The summed E-state index contributed by atoms with van der Waals surface area (Å²) in [4.78, 5) is 28.5. The van der Waals surface area contributed by atoms with Crippen LogP contribution in [0.1, 0.15) is 57.1 Å². The van der Waals surface area contributed by atoms with Crippen molar-refractivity contribution in [3.63, 3.8) is 0 Å². The number of Topliss-reactive ketones (excluding diaryl/α,β-unsaturated/α-hetero) is 1. The van der Waals surface area contributed by atoms with Crippen LogP contribution < -0.4 is 9.64 Å². The highest BCUT2D eigenvalue weighted by molar-refractivity contribution is 6.07. The molecule has 1 amide bonds. The van der Waals surface area contributed by atoms with Gasteiger partial charge < -0.3 is 4.74 Å². The van der Waals surface area contributed by atoms with Crippen LogP contribution in [-0.2, 0) is 16.0 Å². The standard InChI is InChI=1S/C26H29NO3/c1-5-17-9-11-19(12-10-17)27-22-15-26(2,3)16-23(28)25(22)21(14-24(27)29)18-7-6-8-20(13-18)30-4/h6-13,21H,5,14-16H2,1-4H3. The monoisotopic (exact) mass is 403 g/mol. The van der Waals surface area contributed by atoms with Crippen LogP contribution in [0.15, 0.2) is 59.8 Å². The third-order valence-corrected chi connectivity index (χ3v) is 6.24. The highest BCUT2D eigenvalue weighted by Crippen LogP contribution is 2.48. The van der Waals surface area contributed by atoms with Gasteiger partial charge in [0.25, 0.3) is 0 Å². The SMILES string of the molecule is CCc1ccc(N2C(=O)CC(c3cccc(OC)c3)C3=C2CC(C)(C)CC3=O)cc1. The van der Waals surface area contributed by atoms with Gasteiger partial charge in [0.05, 0.1) is 7.11 Å². The quantitative estimate of drug-likeness (QED) is 0.685. The molecule has 0 saturated heterocycles. The molecular weight excluding hydrogens is 374 g/mol. The van der Waals surface area contributed by atoms with E-state index in [-0.39, 0.29) is 29.4 Å². The number of amides is 1. The summed E-state index contributed by atoms with van der Waals surface area (Å²) in [6.45, 7) is 6.32. The van der Waals surface area contributed by atoms with Crippen LogP contribution >= 0.6 is 0 Å². The zero-order valence-electron chi connectivity index (χ0n) is 18.2. The number of nitrogens with zero attached hydrogens (tertiary/aromatic N) is 1. The smallest absolute Gasteiger partial charge is 0.232 e. The predicted molar refractivity (Wildman–Crippen MR) is 119 cm³/mol. The van der Waals surface area contributed by atoms with Crippen molar-refractivity contribution < 1.29 is 14.3 Å². The molecule has 2 aromatic carbocycles. The molecule has 0 spiro atoms. The summed E-state index contributed by atoms with van der Waals surface area (Å²) < 4.78 is 5.38. The first-order valence-corrected chi connectivity index (χ1v) is 10.6. The maximum absolute atomic E-state index is 13.4. The molecule has 4 rings (SSSR count). The first-order chi connectivity index (χ1) is 14.3. The number of carbonyl (C=O) groups excluding carboxylic acids is 2. The largest absolute Gasteiger partial charge is 0.497 e. The Morgan fingerprint density at radius 3 is 2.47 bits per heavy atom. The average Bonchev–Trinajstić information content (AvgIpc) is 2.72. The van der Waals surface area contributed by atoms with Gasteiger partial charge in [0, 0.05) is 35.7 Å². The summed E-state index contributed by atoms with van der Waals surface area (Å²) in [6.07, 6.45) is 2.44. The van der Waals surface area contributed by atoms with Crippen molar-refractivity contribution in [3.05, 3.63) is 70.9 Å². The normalized spacial score (nSPS) is 20.9. The molecule has 1 atom stereocenters. The lowest BCUT2D eigenvalue weighted by molar-refractivity contribution is -0.121. The van der Waals surface area contributed by atoms with Gasteiger partial charge in [-0.2, -0.15) is 0 Å².